The lowest BCUT2D eigenvalue weighted by Gasteiger charge is -2.07. The van der Waals surface area contributed by atoms with Crippen molar-refractivity contribution in [1.82, 2.24) is 0 Å². The number of nitrogens with one attached hydrogen (secondary N) is 1. The molecule has 26 heavy (non-hydrogen) atoms. The van der Waals surface area contributed by atoms with E-state index < -0.39 is 24.4 Å². The maximum atomic E-state index is 11.8. The molecule has 2 amide bonds. The van der Waals surface area contributed by atoms with Crippen LogP contribution in [-0.2, 0) is 20.7 Å². The fraction of sp³-hybridized carbons (Fsp3) is 0.235. The minimum absolute atomic E-state index is 0.0149. The van der Waals surface area contributed by atoms with Crippen LogP contribution in [0.1, 0.15) is 22.3 Å². The van der Waals surface area contributed by atoms with E-state index in [1.807, 2.05) is 0 Å². The molecule has 138 valence electrons. The Bertz CT molecular complexity index is 817. The van der Waals surface area contributed by atoms with E-state index >= 15 is 0 Å². The number of carbonyl (C=O) groups excluding carboxylic acids is 3. The van der Waals surface area contributed by atoms with Crippen molar-refractivity contribution in [3.05, 3.63) is 40.8 Å². The number of thiophene rings is 1. The monoisotopic (exact) mass is 378 g/mol. The standard InChI is InChI=1S/C17H18N2O6S/c1-24-13-4-2-10(8-12(13)20)3-5-15(22)25-9-14(21)19-17-11(16(18)23)6-7-26-17/h2,4,6-8,20H,3,5,9H2,1H3,(H2,18,23)(H,19,21). The molecule has 1 heterocycles. The molecule has 2 aromatic rings. The molecule has 2 rings (SSSR count). The molecule has 0 radical (unpaired) electrons. The summed E-state index contributed by atoms with van der Waals surface area (Å²) in [5.41, 5.74) is 6.12. The molecule has 0 bridgehead atoms. The Labute approximate surface area is 153 Å². The third-order valence-electron chi connectivity index (χ3n) is 3.41. The molecule has 0 aliphatic carbocycles. The van der Waals surface area contributed by atoms with Crippen molar-refractivity contribution in [3.63, 3.8) is 0 Å². The van der Waals surface area contributed by atoms with Gasteiger partial charge in [-0.25, -0.2) is 0 Å². The Kier molecular flexibility index (Phi) is 6.56. The molecule has 0 unspecified atom stereocenters. The summed E-state index contributed by atoms with van der Waals surface area (Å²) in [5, 5.41) is 14.1. The number of phenols is 1. The summed E-state index contributed by atoms with van der Waals surface area (Å²) in [6.45, 7) is -0.469. The molecule has 1 aromatic carbocycles. The lowest BCUT2D eigenvalue weighted by Crippen LogP contribution is -2.22. The van der Waals surface area contributed by atoms with E-state index in [2.05, 4.69) is 5.32 Å². The molecular weight excluding hydrogens is 360 g/mol. The van der Waals surface area contributed by atoms with Gasteiger partial charge in [-0.05, 0) is 35.6 Å². The van der Waals surface area contributed by atoms with Crippen molar-refractivity contribution >= 4 is 34.1 Å². The molecule has 0 saturated heterocycles. The van der Waals surface area contributed by atoms with Gasteiger partial charge >= 0.3 is 5.97 Å². The van der Waals surface area contributed by atoms with Gasteiger partial charge in [0.25, 0.3) is 11.8 Å². The van der Waals surface area contributed by atoms with Crippen LogP contribution in [0.25, 0.3) is 0 Å². The average molecular weight is 378 g/mol. The van der Waals surface area contributed by atoms with Gasteiger partial charge in [0, 0.05) is 6.42 Å². The van der Waals surface area contributed by atoms with Gasteiger partial charge in [-0.2, -0.15) is 0 Å². The Hall–Kier alpha value is -3.07. The van der Waals surface area contributed by atoms with E-state index in [0.29, 0.717) is 17.2 Å². The molecule has 0 aliphatic heterocycles. The minimum Gasteiger partial charge on any atom is -0.504 e. The Morgan fingerprint density at radius 2 is 2.04 bits per heavy atom. The smallest absolute Gasteiger partial charge is 0.306 e. The van der Waals surface area contributed by atoms with Gasteiger partial charge in [-0.1, -0.05) is 6.07 Å². The number of methoxy groups -OCH3 is 1. The highest BCUT2D eigenvalue weighted by atomic mass is 32.1. The van der Waals surface area contributed by atoms with Crippen LogP contribution in [0, 0.1) is 0 Å². The van der Waals surface area contributed by atoms with E-state index in [9.17, 15) is 19.5 Å². The highest BCUT2D eigenvalue weighted by Gasteiger charge is 2.14. The van der Waals surface area contributed by atoms with Crippen LogP contribution in [-0.4, -0.2) is 36.6 Å². The zero-order valence-corrected chi connectivity index (χ0v) is 14.8. The van der Waals surface area contributed by atoms with Gasteiger partial charge in [0.15, 0.2) is 18.1 Å². The molecule has 9 heteroatoms. The number of phenolic OH excluding ortho intramolecular Hbond substituents is 1. The number of benzene rings is 1. The van der Waals surface area contributed by atoms with Crippen LogP contribution in [0.2, 0.25) is 0 Å². The normalized spacial score (nSPS) is 10.2. The van der Waals surface area contributed by atoms with E-state index in [0.717, 1.165) is 16.9 Å². The first-order chi connectivity index (χ1) is 12.4. The molecule has 1 aromatic heterocycles. The van der Waals surface area contributed by atoms with Crippen molar-refractivity contribution in [2.24, 2.45) is 5.73 Å². The third kappa shape index (κ3) is 5.21. The molecule has 0 saturated carbocycles. The predicted octanol–water partition coefficient (Wildman–Crippen LogP) is 1.68. The summed E-state index contributed by atoms with van der Waals surface area (Å²) in [5.74, 6) is -1.45. The number of nitrogens with two attached hydrogens (primary N) is 1. The number of aryl methyl sites for hydroxylation is 1. The Balaban J connectivity index is 1.77. The number of amides is 2. The number of rotatable bonds is 8. The fourth-order valence-corrected chi connectivity index (χ4v) is 2.93. The molecule has 0 aliphatic rings. The van der Waals surface area contributed by atoms with Crippen LogP contribution >= 0.6 is 11.3 Å². The van der Waals surface area contributed by atoms with Crippen LogP contribution in [0.15, 0.2) is 29.6 Å². The Morgan fingerprint density at radius 1 is 1.27 bits per heavy atom. The van der Waals surface area contributed by atoms with E-state index in [4.69, 9.17) is 15.2 Å². The van der Waals surface area contributed by atoms with Crippen LogP contribution in [0.5, 0.6) is 11.5 Å². The first kappa shape index (κ1) is 19.3. The molecule has 0 fully saturated rings. The number of hydrogen-bond donors (Lipinski definition) is 3. The highest BCUT2D eigenvalue weighted by Crippen LogP contribution is 2.26. The zero-order chi connectivity index (χ0) is 19.1. The number of primary amides is 1. The summed E-state index contributed by atoms with van der Waals surface area (Å²) >= 11 is 1.15. The molecule has 4 N–H and O–H groups in total. The Morgan fingerprint density at radius 3 is 2.69 bits per heavy atom. The van der Waals surface area contributed by atoms with Crippen molar-refractivity contribution < 1.29 is 29.0 Å². The lowest BCUT2D eigenvalue weighted by atomic mass is 10.1. The average Bonchev–Trinajstić information content (AvgIpc) is 3.06. The first-order valence-electron chi connectivity index (χ1n) is 7.59. The van der Waals surface area contributed by atoms with Gasteiger partial charge in [0.05, 0.1) is 12.7 Å². The number of hydrogen-bond acceptors (Lipinski definition) is 7. The number of carbonyl (C=O) groups is 3. The van der Waals surface area contributed by atoms with Crippen LogP contribution < -0.4 is 15.8 Å². The largest absolute Gasteiger partial charge is 0.504 e. The highest BCUT2D eigenvalue weighted by molar-refractivity contribution is 7.14. The van der Waals surface area contributed by atoms with Gasteiger partial charge < -0.3 is 25.6 Å². The molecule has 0 atom stereocenters. The topological polar surface area (TPSA) is 128 Å². The fourth-order valence-electron chi connectivity index (χ4n) is 2.12. The van der Waals surface area contributed by atoms with Crippen LogP contribution in [0.3, 0.4) is 0 Å². The molecule has 0 spiro atoms. The second kappa shape index (κ2) is 8.86. The molecule has 8 nitrogen and oxygen atoms in total. The number of esters is 1. The van der Waals surface area contributed by atoms with Crippen molar-refractivity contribution in [3.8, 4) is 11.5 Å². The van der Waals surface area contributed by atoms with Gasteiger partial charge in [0.2, 0.25) is 0 Å². The summed E-state index contributed by atoms with van der Waals surface area (Å²) in [7, 11) is 1.44. The minimum atomic E-state index is -0.652. The lowest BCUT2D eigenvalue weighted by molar-refractivity contribution is -0.147. The summed E-state index contributed by atoms with van der Waals surface area (Å²) in [6.07, 6.45) is 0.388. The third-order valence-corrected chi connectivity index (χ3v) is 4.24. The van der Waals surface area contributed by atoms with Crippen molar-refractivity contribution in [1.29, 1.82) is 0 Å². The number of ether oxygens (including phenoxy) is 2. The maximum Gasteiger partial charge on any atom is 0.306 e. The molecular formula is C17H18N2O6S. The zero-order valence-electron chi connectivity index (χ0n) is 14.0. The number of aromatic hydroxyl groups is 1. The van der Waals surface area contributed by atoms with Crippen molar-refractivity contribution in [2.45, 2.75) is 12.8 Å². The van der Waals surface area contributed by atoms with Gasteiger partial charge in [0.1, 0.15) is 5.00 Å². The van der Waals surface area contributed by atoms with E-state index in [1.54, 1.807) is 17.5 Å². The second-order valence-electron chi connectivity index (χ2n) is 5.24. The quantitative estimate of drug-likeness (QED) is 0.600. The number of anilines is 1. The SMILES string of the molecule is COc1ccc(CCC(=O)OCC(=O)Nc2sccc2C(N)=O)cc1O. The summed E-state index contributed by atoms with van der Waals surface area (Å²) < 4.78 is 9.84. The summed E-state index contributed by atoms with van der Waals surface area (Å²) in [6, 6.07) is 6.32. The summed E-state index contributed by atoms with van der Waals surface area (Å²) in [4.78, 5) is 34.7. The van der Waals surface area contributed by atoms with E-state index in [-0.39, 0.29) is 17.7 Å². The maximum absolute atomic E-state index is 11.8. The predicted molar refractivity (Wildman–Crippen MR) is 95.4 cm³/mol. The van der Waals surface area contributed by atoms with Crippen LogP contribution in [0.4, 0.5) is 5.00 Å². The van der Waals surface area contributed by atoms with E-state index in [1.165, 1.54) is 19.2 Å². The first-order valence-corrected chi connectivity index (χ1v) is 8.47. The van der Waals surface area contributed by atoms with Gasteiger partial charge in [-0.15, -0.1) is 11.3 Å². The second-order valence-corrected chi connectivity index (χ2v) is 6.16. The van der Waals surface area contributed by atoms with Gasteiger partial charge in [-0.3, -0.25) is 14.4 Å². The van der Waals surface area contributed by atoms with Crippen molar-refractivity contribution in [2.75, 3.05) is 19.0 Å².